The largest absolute Gasteiger partial charge is 0.467 e. The number of hydrogen-bond donors (Lipinski definition) is 1. The highest BCUT2D eigenvalue weighted by molar-refractivity contribution is 5.78. The molecule has 0 spiro atoms. The molecule has 1 rings (SSSR count). The van der Waals surface area contributed by atoms with Crippen molar-refractivity contribution < 1.29 is 19.4 Å². The summed E-state index contributed by atoms with van der Waals surface area (Å²) in [6.45, 7) is 4.29. The summed E-state index contributed by atoms with van der Waals surface area (Å²) in [6.07, 6.45) is 1.05. The standard InChI is InChI=1S/C11H21NO4/c1-11(14,10(13)16-3)8-12-5-4-9(6-12)7-15-2/h9,14H,4-8H2,1-3H3. The Labute approximate surface area is 96.3 Å². The van der Waals surface area contributed by atoms with E-state index in [2.05, 4.69) is 9.64 Å². The Bertz CT molecular complexity index is 242. The number of rotatable bonds is 5. The van der Waals surface area contributed by atoms with Gasteiger partial charge in [0.15, 0.2) is 5.60 Å². The van der Waals surface area contributed by atoms with Crippen LogP contribution < -0.4 is 0 Å². The average molecular weight is 231 g/mol. The molecule has 5 heteroatoms. The van der Waals surface area contributed by atoms with Gasteiger partial charge in [-0.3, -0.25) is 4.90 Å². The first kappa shape index (κ1) is 13.4. The van der Waals surface area contributed by atoms with Gasteiger partial charge in [0.25, 0.3) is 0 Å². The molecule has 2 atom stereocenters. The van der Waals surface area contributed by atoms with E-state index < -0.39 is 11.6 Å². The molecule has 1 fully saturated rings. The molecule has 16 heavy (non-hydrogen) atoms. The van der Waals surface area contributed by atoms with Gasteiger partial charge in [-0.2, -0.15) is 0 Å². The number of methoxy groups -OCH3 is 2. The lowest BCUT2D eigenvalue weighted by molar-refractivity contribution is -0.162. The van der Waals surface area contributed by atoms with Crippen molar-refractivity contribution in [3.05, 3.63) is 0 Å². The van der Waals surface area contributed by atoms with Crippen LogP contribution in [-0.4, -0.2) is 62.0 Å². The first-order chi connectivity index (χ1) is 7.49. The number of carbonyl (C=O) groups excluding carboxylic acids is 1. The van der Waals surface area contributed by atoms with Crippen molar-refractivity contribution in [3.63, 3.8) is 0 Å². The molecule has 0 aromatic carbocycles. The number of carbonyl (C=O) groups is 1. The van der Waals surface area contributed by atoms with E-state index in [0.717, 1.165) is 26.1 Å². The van der Waals surface area contributed by atoms with Crippen LogP contribution in [0.15, 0.2) is 0 Å². The normalized spacial score (nSPS) is 25.4. The van der Waals surface area contributed by atoms with Gasteiger partial charge in [0.2, 0.25) is 0 Å². The van der Waals surface area contributed by atoms with Crippen LogP contribution in [0.1, 0.15) is 13.3 Å². The second-order valence-electron chi connectivity index (χ2n) is 4.61. The van der Waals surface area contributed by atoms with Crippen LogP contribution in [-0.2, 0) is 14.3 Å². The Morgan fingerprint density at radius 2 is 2.25 bits per heavy atom. The highest BCUT2D eigenvalue weighted by Gasteiger charge is 2.36. The minimum atomic E-state index is -1.42. The first-order valence-corrected chi connectivity index (χ1v) is 5.51. The van der Waals surface area contributed by atoms with Crippen LogP contribution in [0.4, 0.5) is 0 Å². The molecule has 1 aliphatic heterocycles. The van der Waals surface area contributed by atoms with Crippen LogP contribution >= 0.6 is 0 Å². The summed E-state index contributed by atoms with van der Waals surface area (Å²) in [4.78, 5) is 13.4. The summed E-state index contributed by atoms with van der Waals surface area (Å²) < 4.78 is 9.65. The highest BCUT2D eigenvalue weighted by Crippen LogP contribution is 2.19. The molecule has 0 aliphatic carbocycles. The third-order valence-corrected chi connectivity index (χ3v) is 2.93. The maximum atomic E-state index is 11.3. The molecule has 0 aromatic heterocycles. The van der Waals surface area contributed by atoms with Gasteiger partial charge >= 0.3 is 5.97 Å². The number of hydrogen-bond acceptors (Lipinski definition) is 5. The van der Waals surface area contributed by atoms with Gasteiger partial charge in [0, 0.05) is 20.2 Å². The predicted molar refractivity (Wildman–Crippen MR) is 59.1 cm³/mol. The number of likely N-dealkylation sites (tertiary alicyclic amines) is 1. The molecule has 2 unspecified atom stereocenters. The van der Waals surface area contributed by atoms with Crippen molar-refractivity contribution in [3.8, 4) is 0 Å². The summed E-state index contributed by atoms with van der Waals surface area (Å²) in [7, 11) is 2.97. The van der Waals surface area contributed by atoms with Crippen LogP contribution in [0.2, 0.25) is 0 Å². The maximum absolute atomic E-state index is 11.3. The quantitative estimate of drug-likeness (QED) is 0.668. The van der Waals surface area contributed by atoms with E-state index in [1.54, 1.807) is 7.11 Å². The van der Waals surface area contributed by atoms with E-state index in [1.165, 1.54) is 14.0 Å². The predicted octanol–water partition coefficient (Wildman–Crippen LogP) is -0.121. The minimum absolute atomic E-state index is 0.319. The van der Waals surface area contributed by atoms with Gasteiger partial charge in [-0.05, 0) is 25.8 Å². The molecule has 94 valence electrons. The smallest absolute Gasteiger partial charge is 0.338 e. The molecule has 0 bridgehead atoms. The summed E-state index contributed by atoms with van der Waals surface area (Å²) in [5.74, 6) is -0.0823. The van der Waals surface area contributed by atoms with Crippen molar-refractivity contribution in [2.45, 2.75) is 18.9 Å². The van der Waals surface area contributed by atoms with E-state index in [4.69, 9.17) is 4.74 Å². The van der Waals surface area contributed by atoms with Gasteiger partial charge in [0.05, 0.1) is 13.7 Å². The molecule has 0 amide bonds. The van der Waals surface area contributed by atoms with Crippen molar-refractivity contribution in [1.29, 1.82) is 0 Å². The Kier molecular flexibility index (Phi) is 4.70. The summed E-state index contributed by atoms with van der Waals surface area (Å²) in [5, 5.41) is 9.91. The van der Waals surface area contributed by atoms with Gasteiger partial charge < -0.3 is 14.6 Å². The Morgan fingerprint density at radius 3 is 2.81 bits per heavy atom. The summed E-state index contributed by atoms with van der Waals surface area (Å²) >= 11 is 0. The second kappa shape index (κ2) is 5.61. The Balaban J connectivity index is 2.41. The molecule has 1 heterocycles. The molecule has 0 radical (unpaired) electrons. The fourth-order valence-corrected chi connectivity index (χ4v) is 2.15. The molecule has 1 aliphatic rings. The highest BCUT2D eigenvalue weighted by atomic mass is 16.5. The number of ether oxygens (including phenoxy) is 2. The number of nitrogens with zero attached hydrogens (tertiary/aromatic N) is 1. The monoisotopic (exact) mass is 231 g/mol. The van der Waals surface area contributed by atoms with E-state index in [0.29, 0.717) is 12.5 Å². The zero-order valence-electron chi connectivity index (χ0n) is 10.2. The van der Waals surface area contributed by atoms with Crippen LogP contribution in [0, 0.1) is 5.92 Å². The minimum Gasteiger partial charge on any atom is -0.467 e. The zero-order chi connectivity index (χ0) is 12.2. The van der Waals surface area contributed by atoms with E-state index >= 15 is 0 Å². The molecular weight excluding hydrogens is 210 g/mol. The third-order valence-electron chi connectivity index (χ3n) is 2.93. The molecule has 1 saturated heterocycles. The Hall–Kier alpha value is -0.650. The maximum Gasteiger partial charge on any atom is 0.338 e. The van der Waals surface area contributed by atoms with E-state index in [9.17, 15) is 9.90 Å². The van der Waals surface area contributed by atoms with Crippen LogP contribution in [0.25, 0.3) is 0 Å². The number of β-amino-alcohol motifs (C(OH)–C–C–N with tert-alkyl or cyclic N) is 1. The fourth-order valence-electron chi connectivity index (χ4n) is 2.15. The van der Waals surface area contributed by atoms with Crippen molar-refractivity contribution in [2.24, 2.45) is 5.92 Å². The Morgan fingerprint density at radius 1 is 1.56 bits per heavy atom. The molecular formula is C11H21NO4. The molecule has 5 nitrogen and oxygen atoms in total. The third kappa shape index (κ3) is 3.43. The lowest BCUT2D eigenvalue weighted by Gasteiger charge is -2.26. The van der Waals surface area contributed by atoms with Gasteiger partial charge in [-0.15, -0.1) is 0 Å². The topological polar surface area (TPSA) is 59.0 Å². The van der Waals surface area contributed by atoms with Gasteiger partial charge in [-0.25, -0.2) is 4.79 Å². The van der Waals surface area contributed by atoms with Crippen LogP contribution in [0.3, 0.4) is 0 Å². The zero-order valence-corrected chi connectivity index (χ0v) is 10.2. The molecule has 1 N–H and O–H groups in total. The average Bonchev–Trinajstić information content (AvgIpc) is 2.64. The lowest BCUT2D eigenvalue weighted by Crippen LogP contribution is -2.46. The van der Waals surface area contributed by atoms with Crippen molar-refractivity contribution in [1.82, 2.24) is 4.90 Å². The van der Waals surface area contributed by atoms with Crippen molar-refractivity contribution in [2.75, 3.05) is 40.5 Å². The second-order valence-corrected chi connectivity index (χ2v) is 4.61. The number of aliphatic hydroxyl groups is 1. The van der Waals surface area contributed by atoms with E-state index in [-0.39, 0.29) is 0 Å². The van der Waals surface area contributed by atoms with E-state index in [1.807, 2.05) is 0 Å². The fraction of sp³-hybridized carbons (Fsp3) is 0.909. The number of esters is 1. The van der Waals surface area contributed by atoms with Gasteiger partial charge in [0.1, 0.15) is 0 Å². The summed E-state index contributed by atoms with van der Waals surface area (Å²) in [5.41, 5.74) is -1.42. The van der Waals surface area contributed by atoms with Crippen molar-refractivity contribution >= 4 is 5.97 Å². The first-order valence-electron chi connectivity index (χ1n) is 5.51. The van der Waals surface area contributed by atoms with Gasteiger partial charge in [-0.1, -0.05) is 0 Å². The summed E-state index contributed by atoms with van der Waals surface area (Å²) in [6, 6.07) is 0. The SMILES string of the molecule is COCC1CCN(CC(C)(O)C(=O)OC)C1. The molecule has 0 aromatic rings. The van der Waals surface area contributed by atoms with Crippen LogP contribution in [0.5, 0.6) is 0 Å². The molecule has 0 saturated carbocycles. The lowest BCUT2D eigenvalue weighted by atomic mass is 10.1.